The van der Waals surface area contributed by atoms with E-state index in [-0.39, 0.29) is 5.75 Å². The molecule has 0 fully saturated rings. The Labute approximate surface area is 75.3 Å². The Morgan fingerprint density at radius 2 is 2.08 bits per heavy atom. The highest BCUT2D eigenvalue weighted by atomic mass is 19.1. The lowest BCUT2D eigenvalue weighted by molar-refractivity contribution is 0.379. The lowest BCUT2D eigenvalue weighted by Crippen LogP contribution is -2.05. The van der Waals surface area contributed by atoms with E-state index in [9.17, 15) is 8.78 Å². The molecule has 0 amide bonds. The summed E-state index contributed by atoms with van der Waals surface area (Å²) < 4.78 is 30.5. The van der Waals surface area contributed by atoms with Gasteiger partial charge in [-0.25, -0.2) is 8.78 Å². The van der Waals surface area contributed by atoms with Crippen molar-refractivity contribution < 1.29 is 13.5 Å². The molecule has 0 saturated heterocycles. The fraction of sp³-hybridized carbons (Fsp3) is 0.333. The van der Waals surface area contributed by atoms with Gasteiger partial charge in [0.1, 0.15) is 5.82 Å². The van der Waals surface area contributed by atoms with E-state index in [2.05, 4.69) is 0 Å². The smallest absolute Gasteiger partial charge is 0.168 e. The quantitative estimate of drug-likeness (QED) is 0.777. The van der Waals surface area contributed by atoms with Crippen molar-refractivity contribution in [1.29, 1.82) is 0 Å². The van der Waals surface area contributed by atoms with Crippen LogP contribution in [-0.2, 0) is 6.42 Å². The molecule has 0 spiro atoms. The van der Waals surface area contributed by atoms with E-state index in [1.807, 2.05) is 0 Å². The van der Waals surface area contributed by atoms with Crippen molar-refractivity contribution in [3.05, 3.63) is 29.3 Å². The lowest BCUT2D eigenvalue weighted by Gasteiger charge is -2.08. The molecule has 0 atom stereocenters. The Kier molecular flexibility index (Phi) is 3.19. The van der Waals surface area contributed by atoms with Crippen LogP contribution in [0.1, 0.15) is 5.56 Å². The summed E-state index contributed by atoms with van der Waals surface area (Å²) in [6, 6.07) is 2.02. The van der Waals surface area contributed by atoms with Gasteiger partial charge in [0.25, 0.3) is 0 Å². The number of rotatable bonds is 3. The molecule has 0 aliphatic rings. The van der Waals surface area contributed by atoms with Crippen molar-refractivity contribution in [3.8, 4) is 5.75 Å². The van der Waals surface area contributed by atoms with Crippen LogP contribution in [0.4, 0.5) is 8.78 Å². The Morgan fingerprint density at radius 1 is 1.38 bits per heavy atom. The maximum atomic E-state index is 13.0. The van der Waals surface area contributed by atoms with E-state index in [0.29, 0.717) is 18.5 Å². The van der Waals surface area contributed by atoms with Crippen molar-refractivity contribution in [1.82, 2.24) is 0 Å². The Hall–Kier alpha value is -1.16. The predicted octanol–water partition coefficient (Wildman–Crippen LogP) is 1.47. The molecule has 0 aromatic heterocycles. The summed E-state index contributed by atoms with van der Waals surface area (Å²) in [6.07, 6.45) is 0.401. The third kappa shape index (κ3) is 2.15. The summed E-state index contributed by atoms with van der Waals surface area (Å²) in [6.45, 7) is 0.333. The molecule has 1 aromatic rings. The van der Waals surface area contributed by atoms with Crippen LogP contribution in [0.2, 0.25) is 0 Å². The van der Waals surface area contributed by atoms with Gasteiger partial charge in [-0.15, -0.1) is 0 Å². The highest BCUT2D eigenvalue weighted by molar-refractivity contribution is 5.35. The maximum Gasteiger partial charge on any atom is 0.168 e. The molecule has 13 heavy (non-hydrogen) atoms. The number of benzene rings is 1. The molecule has 1 aromatic carbocycles. The van der Waals surface area contributed by atoms with Crippen molar-refractivity contribution >= 4 is 0 Å². The number of halogens is 2. The average Bonchev–Trinajstić information content (AvgIpc) is 2.04. The van der Waals surface area contributed by atoms with E-state index in [0.717, 1.165) is 6.07 Å². The Balaban J connectivity index is 3.13. The van der Waals surface area contributed by atoms with E-state index >= 15 is 0 Å². The molecular formula is C9H11F2NO. The predicted molar refractivity (Wildman–Crippen MR) is 45.7 cm³/mol. The summed E-state index contributed by atoms with van der Waals surface area (Å²) in [4.78, 5) is 0. The molecule has 0 radical (unpaired) electrons. The number of hydrogen-bond donors (Lipinski definition) is 1. The lowest BCUT2D eigenvalue weighted by atomic mass is 10.1. The fourth-order valence-electron chi connectivity index (χ4n) is 1.18. The second kappa shape index (κ2) is 4.18. The first kappa shape index (κ1) is 9.92. The van der Waals surface area contributed by atoms with Crippen molar-refractivity contribution in [2.45, 2.75) is 6.42 Å². The van der Waals surface area contributed by atoms with Gasteiger partial charge < -0.3 is 10.5 Å². The van der Waals surface area contributed by atoms with E-state index in [1.165, 1.54) is 13.2 Å². The fourth-order valence-corrected chi connectivity index (χ4v) is 1.18. The summed E-state index contributed by atoms with van der Waals surface area (Å²) in [5.74, 6) is -1.22. The zero-order valence-electron chi connectivity index (χ0n) is 7.31. The van der Waals surface area contributed by atoms with Gasteiger partial charge in [-0.05, 0) is 19.0 Å². The number of hydrogen-bond acceptors (Lipinski definition) is 2. The van der Waals surface area contributed by atoms with Crippen LogP contribution in [0, 0.1) is 11.6 Å². The molecule has 0 saturated carbocycles. The standard InChI is InChI=1S/C9H11F2NO/c1-13-9-6(2-3-12)4-7(10)5-8(9)11/h4-5H,2-3,12H2,1H3. The van der Waals surface area contributed by atoms with Gasteiger partial charge in [-0.1, -0.05) is 0 Å². The molecule has 72 valence electrons. The van der Waals surface area contributed by atoms with Gasteiger partial charge in [0.2, 0.25) is 0 Å². The number of nitrogens with two attached hydrogens (primary N) is 1. The average molecular weight is 187 g/mol. The summed E-state index contributed by atoms with van der Waals surface area (Å²) in [5, 5.41) is 0. The van der Waals surface area contributed by atoms with E-state index < -0.39 is 11.6 Å². The van der Waals surface area contributed by atoms with Crippen LogP contribution >= 0.6 is 0 Å². The van der Waals surface area contributed by atoms with Gasteiger partial charge in [0, 0.05) is 11.6 Å². The first-order valence-electron chi connectivity index (χ1n) is 3.91. The van der Waals surface area contributed by atoms with Crippen molar-refractivity contribution in [2.75, 3.05) is 13.7 Å². The molecule has 0 heterocycles. The topological polar surface area (TPSA) is 35.2 Å². The number of methoxy groups -OCH3 is 1. The summed E-state index contributed by atoms with van der Waals surface area (Å²) >= 11 is 0. The molecule has 0 bridgehead atoms. The molecule has 0 aliphatic heterocycles. The molecule has 4 heteroatoms. The Morgan fingerprint density at radius 3 is 2.62 bits per heavy atom. The second-order valence-corrected chi connectivity index (χ2v) is 2.62. The van der Waals surface area contributed by atoms with E-state index in [1.54, 1.807) is 0 Å². The minimum Gasteiger partial charge on any atom is -0.493 e. The van der Waals surface area contributed by atoms with Crippen molar-refractivity contribution in [2.24, 2.45) is 5.73 Å². The SMILES string of the molecule is COc1c(F)cc(F)cc1CCN. The normalized spacial score (nSPS) is 10.2. The van der Waals surface area contributed by atoms with Crippen LogP contribution in [0.5, 0.6) is 5.75 Å². The molecule has 1 rings (SSSR count). The minimum absolute atomic E-state index is 0.0758. The third-order valence-corrected chi connectivity index (χ3v) is 1.70. The highest BCUT2D eigenvalue weighted by Crippen LogP contribution is 2.23. The monoisotopic (exact) mass is 187 g/mol. The van der Waals surface area contributed by atoms with Crippen LogP contribution in [0.25, 0.3) is 0 Å². The first-order chi connectivity index (χ1) is 6.19. The maximum absolute atomic E-state index is 13.0. The van der Waals surface area contributed by atoms with Crippen LogP contribution in [0.3, 0.4) is 0 Å². The molecule has 2 N–H and O–H groups in total. The number of ether oxygens (including phenoxy) is 1. The largest absolute Gasteiger partial charge is 0.493 e. The van der Waals surface area contributed by atoms with Gasteiger partial charge in [-0.2, -0.15) is 0 Å². The van der Waals surface area contributed by atoms with Crippen molar-refractivity contribution in [3.63, 3.8) is 0 Å². The van der Waals surface area contributed by atoms with E-state index in [4.69, 9.17) is 10.5 Å². The first-order valence-corrected chi connectivity index (χ1v) is 3.91. The Bertz CT molecular complexity index is 302. The molecule has 0 aliphatic carbocycles. The van der Waals surface area contributed by atoms with Gasteiger partial charge in [-0.3, -0.25) is 0 Å². The van der Waals surface area contributed by atoms with Gasteiger partial charge in [0.05, 0.1) is 7.11 Å². The zero-order chi connectivity index (χ0) is 9.84. The van der Waals surface area contributed by atoms with Gasteiger partial charge in [0.15, 0.2) is 11.6 Å². The second-order valence-electron chi connectivity index (χ2n) is 2.62. The van der Waals surface area contributed by atoms with Gasteiger partial charge >= 0.3 is 0 Å². The van der Waals surface area contributed by atoms with Crippen LogP contribution < -0.4 is 10.5 Å². The summed E-state index contributed by atoms with van der Waals surface area (Å²) in [7, 11) is 1.34. The summed E-state index contributed by atoms with van der Waals surface area (Å²) in [5.41, 5.74) is 5.74. The minimum atomic E-state index is -0.689. The van der Waals surface area contributed by atoms with Crippen LogP contribution in [0.15, 0.2) is 12.1 Å². The molecular weight excluding hydrogens is 176 g/mol. The molecule has 0 unspecified atom stereocenters. The third-order valence-electron chi connectivity index (χ3n) is 1.70. The molecule has 2 nitrogen and oxygen atoms in total. The van der Waals surface area contributed by atoms with Crippen LogP contribution in [-0.4, -0.2) is 13.7 Å². The zero-order valence-corrected chi connectivity index (χ0v) is 7.31. The highest BCUT2D eigenvalue weighted by Gasteiger charge is 2.10.